The van der Waals surface area contributed by atoms with Crippen molar-refractivity contribution in [2.45, 2.75) is 65.0 Å². The smallest absolute Gasteiger partial charge is 0.0670 e. The Labute approximate surface area is 122 Å². The molecule has 2 aliphatic carbocycles. The number of nitrogens with one attached hydrogen (secondary N) is 1. The highest BCUT2D eigenvalue weighted by Crippen LogP contribution is 2.55. The third-order valence-corrected chi connectivity index (χ3v) is 5.25. The van der Waals surface area contributed by atoms with Gasteiger partial charge in [0.2, 0.25) is 0 Å². The van der Waals surface area contributed by atoms with E-state index in [9.17, 15) is 0 Å². The molecule has 2 saturated carbocycles. The number of rotatable bonds is 4. The molecule has 2 unspecified atom stereocenters. The van der Waals surface area contributed by atoms with Gasteiger partial charge in [-0.2, -0.15) is 0 Å². The summed E-state index contributed by atoms with van der Waals surface area (Å²) in [5, 5.41) is 3.80. The molecular weight excluding hydrogens is 246 g/mol. The SMILES string of the molecule is CCOC1CC(Nc2cc(C)cc(C)c2)C12CCCC2. The highest BCUT2D eigenvalue weighted by molar-refractivity contribution is 5.50. The lowest BCUT2D eigenvalue weighted by Gasteiger charge is -2.54. The second kappa shape index (κ2) is 5.40. The summed E-state index contributed by atoms with van der Waals surface area (Å²) >= 11 is 0. The zero-order valence-electron chi connectivity index (χ0n) is 13.0. The van der Waals surface area contributed by atoms with Crippen LogP contribution in [0.25, 0.3) is 0 Å². The number of hydrogen-bond donors (Lipinski definition) is 1. The monoisotopic (exact) mass is 273 g/mol. The first-order chi connectivity index (χ1) is 9.64. The molecule has 20 heavy (non-hydrogen) atoms. The van der Waals surface area contributed by atoms with Gasteiger partial charge < -0.3 is 10.1 Å². The van der Waals surface area contributed by atoms with Crippen LogP contribution in [0.4, 0.5) is 5.69 Å². The average Bonchev–Trinajstić information content (AvgIpc) is 2.88. The summed E-state index contributed by atoms with van der Waals surface area (Å²) in [6.45, 7) is 7.32. The summed E-state index contributed by atoms with van der Waals surface area (Å²) in [6, 6.07) is 7.37. The zero-order valence-corrected chi connectivity index (χ0v) is 13.0. The number of aryl methyl sites for hydroxylation is 2. The van der Waals surface area contributed by atoms with Crippen LogP contribution in [0, 0.1) is 19.3 Å². The van der Waals surface area contributed by atoms with Crippen molar-refractivity contribution in [1.29, 1.82) is 0 Å². The van der Waals surface area contributed by atoms with Gasteiger partial charge in [-0.1, -0.05) is 18.9 Å². The fourth-order valence-electron chi connectivity index (χ4n) is 4.35. The van der Waals surface area contributed by atoms with Crippen LogP contribution in [-0.4, -0.2) is 18.8 Å². The van der Waals surface area contributed by atoms with Crippen LogP contribution in [0.1, 0.15) is 50.2 Å². The van der Waals surface area contributed by atoms with Gasteiger partial charge in [-0.3, -0.25) is 0 Å². The van der Waals surface area contributed by atoms with E-state index in [4.69, 9.17) is 4.74 Å². The first-order valence-corrected chi connectivity index (χ1v) is 8.10. The number of hydrogen-bond acceptors (Lipinski definition) is 2. The van der Waals surface area contributed by atoms with E-state index in [2.05, 4.69) is 44.3 Å². The quantitative estimate of drug-likeness (QED) is 0.875. The minimum atomic E-state index is 0.410. The first kappa shape index (κ1) is 13.9. The predicted molar refractivity (Wildman–Crippen MR) is 84.3 cm³/mol. The minimum absolute atomic E-state index is 0.410. The van der Waals surface area contributed by atoms with Crippen molar-refractivity contribution in [3.8, 4) is 0 Å². The molecule has 0 aliphatic heterocycles. The Balaban J connectivity index is 1.74. The molecule has 0 heterocycles. The van der Waals surface area contributed by atoms with E-state index >= 15 is 0 Å². The molecule has 1 aromatic carbocycles. The van der Waals surface area contributed by atoms with E-state index < -0.39 is 0 Å². The Kier molecular flexibility index (Phi) is 3.76. The van der Waals surface area contributed by atoms with Crippen LogP contribution in [-0.2, 0) is 4.74 Å². The minimum Gasteiger partial charge on any atom is -0.382 e. The fraction of sp³-hybridized carbons (Fsp3) is 0.667. The molecule has 1 spiro atoms. The summed E-state index contributed by atoms with van der Waals surface area (Å²) in [4.78, 5) is 0. The van der Waals surface area contributed by atoms with Crippen molar-refractivity contribution in [2.24, 2.45) is 5.41 Å². The summed E-state index contributed by atoms with van der Waals surface area (Å²) in [5.41, 5.74) is 4.38. The second-order valence-electron chi connectivity index (χ2n) is 6.69. The summed E-state index contributed by atoms with van der Waals surface area (Å²) in [7, 11) is 0. The molecule has 2 fully saturated rings. The van der Waals surface area contributed by atoms with Gasteiger partial charge in [-0.05, 0) is 63.3 Å². The van der Waals surface area contributed by atoms with Gasteiger partial charge in [-0.15, -0.1) is 0 Å². The molecule has 0 aromatic heterocycles. The molecule has 2 aliphatic rings. The van der Waals surface area contributed by atoms with Gasteiger partial charge in [0.15, 0.2) is 0 Å². The second-order valence-corrected chi connectivity index (χ2v) is 6.69. The Morgan fingerprint density at radius 1 is 1.15 bits per heavy atom. The molecule has 0 radical (unpaired) electrons. The summed E-state index contributed by atoms with van der Waals surface area (Å²) in [5.74, 6) is 0. The first-order valence-electron chi connectivity index (χ1n) is 8.10. The Bertz CT molecular complexity index is 456. The largest absolute Gasteiger partial charge is 0.382 e. The van der Waals surface area contributed by atoms with E-state index in [0.717, 1.165) is 6.61 Å². The summed E-state index contributed by atoms with van der Waals surface area (Å²) < 4.78 is 5.99. The highest BCUT2D eigenvalue weighted by atomic mass is 16.5. The molecular formula is C18H27NO. The average molecular weight is 273 g/mol. The van der Waals surface area contributed by atoms with E-state index in [1.54, 1.807) is 0 Å². The van der Waals surface area contributed by atoms with Gasteiger partial charge in [0.1, 0.15) is 0 Å². The van der Waals surface area contributed by atoms with Crippen molar-refractivity contribution < 1.29 is 4.74 Å². The summed E-state index contributed by atoms with van der Waals surface area (Å²) in [6.07, 6.45) is 7.06. The maximum absolute atomic E-state index is 5.99. The normalized spacial score (nSPS) is 27.6. The molecule has 0 amide bonds. The van der Waals surface area contributed by atoms with Crippen molar-refractivity contribution in [3.63, 3.8) is 0 Å². The molecule has 1 N–H and O–H groups in total. The van der Waals surface area contributed by atoms with Crippen LogP contribution in [0.2, 0.25) is 0 Å². The van der Waals surface area contributed by atoms with Gasteiger partial charge >= 0.3 is 0 Å². The van der Waals surface area contributed by atoms with Crippen LogP contribution in [0.5, 0.6) is 0 Å². The lowest BCUT2D eigenvalue weighted by atomic mass is 9.60. The molecule has 110 valence electrons. The van der Waals surface area contributed by atoms with Gasteiger partial charge in [-0.25, -0.2) is 0 Å². The van der Waals surface area contributed by atoms with Gasteiger partial charge in [0, 0.05) is 23.8 Å². The van der Waals surface area contributed by atoms with E-state index in [1.807, 2.05) is 0 Å². The van der Waals surface area contributed by atoms with Crippen molar-refractivity contribution >= 4 is 5.69 Å². The van der Waals surface area contributed by atoms with E-state index in [-0.39, 0.29) is 0 Å². The lowest BCUT2D eigenvalue weighted by molar-refractivity contribution is -0.114. The van der Waals surface area contributed by atoms with Crippen molar-refractivity contribution in [2.75, 3.05) is 11.9 Å². The van der Waals surface area contributed by atoms with Crippen molar-refractivity contribution in [3.05, 3.63) is 29.3 Å². The van der Waals surface area contributed by atoms with Crippen LogP contribution >= 0.6 is 0 Å². The Morgan fingerprint density at radius 2 is 1.80 bits per heavy atom. The maximum Gasteiger partial charge on any atom is 0.0670 e. The predicted octanol–water partition coefficient (Wildman–Crippen LogP) is 4.45. The molecule has 2 heteroatoms. The number of ether oxygens (including phenoxy) is 1. The Hall–Kier alpha value is -1.02. The third kappa shape index (κ3) is 2.35. The highest BCUT2D eigenvalue weighted by Gasteiger charge is 2.56. The fourth-order valence-corrected chi connectivity index (χ4v) is 4.35. The lowest BCUT2D eigenvalue weighted by Crippen LogP contribution is -2.60. The molecule has 1 aromatic rings. The third-order valence-electron chi connectivity index (χ3n) is 5.25. The number of anilines is 1. The topological polar surface area (TPSA) is 21.3 Å². The van der Waals surface area contributed by atoms with Crippen LogP contribution in [0.3, 0.4) is 0 Å². The standard InChI is InChI=1S/C18H27NO/c1-4-20-17-12-16(18(17)7-5-6-8-18)19-15-10-13(2)9-14(3)11-15/h9-11,16-17,19H,4-8,12H2,1-3H3. The van der Waals surface area contributed by atoms with Crippen LogP contribution < -0.4 is 5.32 Å². The molecule has 0 bridgehead atoms. The maximum atomic E-state index is 5.99. The van der Waals surface area contributed by atoms with E-state index in [1.165, 1.54) is 48.9 Å². The van der Waals surface area contributed by atoms with Crippen LogP contribution in [0.15, 0.2) is 18.2 Å². The van der Waals surface area contributed by atoms with Crippen molar-refractivity contribution in [1.82, 2.24) is 0 Å². The van der Waals surface area contributed by atoms with Gasteiger partial charge in [0.25, 0.3) is 0 Å². The molecule has 2 atom stereocenters. The molecule has 3 rings (SSSR count). The molecule has 0 saturated heterocycles. The zero-order chi connectivity index (χ0) is 14.2. The molecule has 2 nitrogen and oxygen atoms in total. The van der Waals surface area contributed by atoms with Gasteiger partial charge in [0.05, 0.1) is 6.10 Å². The number of benzene rings is 1. The Morgan fingerprint density at radius 3 is 2.40 bits per heavy atom. The van der Waals surface area contributed by atoms with E-state index in [0.29, 0.717) is 17.6 Å².